The van der Waals surface area contributed by atoms with Crippen molar-refractivity contribution >= 4 is 5.69 Å². The third kappa shape index (κ3) is 3.95. The van der Waals surface area contributed by atoms with Crippen LogP contribution in [0.2, 0.25) is 0 Å². The van der Waals surface area contributed by atoms with Gasteiger partial charge in [0.15, 0.2) is 0 Å². The highest BCUT2D eigenvalue weighted by Gasteiger charge is 2.21. The van der Waals surface area contributed by atoms with Gasteiger partial charge in [0.2, 0.25) is 0 Å². The van der Waals surface area contributed by atoms with Gasteiger partial charge in [-0.3, -0.25) is 4.90 Å². The van der Waals surface area contributed by atoms with Gasteiger partial charge >= 0.3 is 0 Å². The molecule has 1 N–H and O–H groups in total. The van der Waals surface area contributed by atoms with Gasteiger partial charge < -0.3 is 10.2 Å². The monoisotopic (exact) mass is 261 g/mol. The van der Waals surface area contributed by atoms with Crippen molar-refractivity contribution in [1.82, 2.24) is 10.2 Å². The Hall–Kier alpha value is -1.06. The molecular formula is C16H27N3. The molecule has 0 bridgehead atoms. The van der Waals surface area contributed by atoms with Crippen LogP contribution in [0, 0.1) is 0 Å². The van der Waals surface area contributed by atoms with Crippen molar-refractivity contribution in [3.8, 4) is 0 Å². The Morgan fingerprint density at radius 3 is 2.47 bits per heavy atom. The van der Waals surface area contributed by atoms with Gasteiger partial charge in [0.05, 0.1) is 0 Å². The van der Waals surface area contributed by atoms with Crippen LogP contribution < -0.4 is 10.2 Å². The summed E-state index contributed by atoms with van der Waals surface area (Å²) in [4.78, 5) is 4.78. The third-order valence-corrected chi connectivity index (χ3v) is 3.90. The van der Waals surface area contributed by atoms with E-state index in [0.717, 1.165) is 13.1 Å². The van der Waals surface area contributed by atoms with E-state index >= 15 is 0 Å². The summed E-state index contributed by atoms with van der Waals surface area (Å²) in [5.41, 5.74) is 2.69. The maximum Gasteiger partial charge on any atom is 0.0361 e. The molecule has 1 heterocycles. The molecule has 0 saturated carbocycles. The molecule has 0 radical (unpaired) electrons. The van der Waals surface area contributed by atoms with Crippen molar-refractivity contribution in [2.24, 2.45) is 0 Å². The zero-order valence-electron chi connectivity index (χ0n) is 12.5. The zero-order chi connectivity index (χ0) is 13.7. The van der Waals surface area contributed by atoms with Crippen molar-refractivity contribution in [2.45, 2.75) is 32.4 Å². The van der Waals surface area contributed by atoms with Crippen molar-refractivity contribution in [1.29, 1.82) is 0 Å². The third-order valence-electron chi connectivity index (χ3n) is 3.90. The maximum atomic E-state index is 3.47. The van der Waals surface area contributed by atoms with E-state index in [1.54, 1.807) is 0 Å². The molecule has 1 atom stereocenters. The molecule has 1 aromatic carbocycles. The highest BCUT2D eigenvalue weighted by atomic mass is 15.2. The number of hydrogen-bond acceptors (Lipinski definition) is 3. The van der Waals surface area contributed by atoms with Crippen molar-refractivity contribution in [2.75, 3.05) is 38.6 Å². The van der Waals surface area contributed by atoms with Crippen LogP contribution in [-0.4, -0.2) is 44.7 Å². The Labute approximate surface area is 117 Å². The highest BCUT2D eigenvalue weighted by molar-refractivity contribution is 5.45. The number of nitrogens with one attached hydrogen (secondary N) is 1. The standard InChI is InChI=1S/C16H27N3/c1-4-11-19(16-9-10-17-12-16)13-14-5-7-15(8-6-14)18(2)3/h5-8,16-17H,4,9-13H2,1-3H3. The second-order valence-electron chi connectivity index (χ2n) is 5.68. The normalized spacial score (nSPS) is 19.1. The number of benzene rings is 1. The Kier molecular flexibility index (Phi) is 5.23. The largest absolute Gasteiger partial charge is 0.378 e. The first-order chi connectivity index (χ1) is 9.20. The highest BCUT2D eigenvalue weighted by Crippen LogP contribution is 2.17. The van der Waals surface area contributed by atoms with Crippen molar-refractivity contribution in [3.05, 3.63) is 29.8 Å². The predicted molar refractivity (Wildman–Crippen MR) is 82.7 cm³/mol. The van der Waals surface area contributed by atoms with Gasteiger partial charge in [0.1, 0.15) is 0 Å². The molecule has 0 amide bonds. The Balaban J connectivity index is 1.99. The van der Waals surface area contributed by atoms with Gasteiger partial charge in [-0.05, 0) is 43.6 Å². The molecule has 1 saturated heterocycles. The summed E-state index contributed by atoms with van der Waals surface area (Å²) in [5.74, 6) is 0. The summed E-state index contributed by atoms with van der Waals surface area (Å²) < 4.78 is 0. The molecule has 3 nitrogen and oxygen atoms in total. The van der Waals surface area contributed by atoms with Crippen LogP contribution >= 0.6 is 0 Å². The van der Waals surface area contributed by atoms with E-state index in [0.29, 0.717) is 6.04 Å². The van der Waals surface area contributed by atoms with Crippen molar-refractivity contribution in [3.63, 3.8) is 0 Å². The van der Waals surface area contributed by atoms with Crippen LogP contribution in [0.15, 0.2) is 24.3 Å². The second kappa shape index (κ2) is 6.92. The topological polar surface area (TPSA) is 18.5 Å². The molecule has 0 aromatic heterocycles. The summed E-state index contributed by atoms with van der Waals surface area (Å²) in [5, 5.41) is 3.47. The minimum Gasteiger partial charge on any atom is -0.378 e. The van der Waals surface area contributed by atoms with Crippen LogP contribution in [0.25, 0.3) is 0 Å². The van der Waals surface area contributed by atoms with E-state index in [4.69, 9.17) is 0 Å². The van der Waals surface area contributed by atoms with E-state index in [1.807, 2.05) is 0 Å². The fourth-order valence-electron chi connectivity index (χ4n) is 2.76. The zero-order valence-corrected chi connectivity index (χ0v) is 12.5. The molecule has 0 aliphatic carbocycles. The lowest BCUT2D eigenvalue weighted by Gasteiger charge is -2.28. The summed E-state index contributed by atoms with van der Waals surface area (Å²) in [6.45, 7) is 6.86. The molecule has 1 aliphatic rings. The van der Waals surface area contributed by atoms with Gasteiger partial charge in [-0.2, -0.15) is 0 Å². The molecule has 1 fully saturated rings. The van der Waals surface area contributed by atoms with E-state index in [-0.39, 0.29) is 0 Å². The lowest BCUT2D eigenvalue weighted by Crippen LogP contribution is -2.36. The fourth-order valence-corrected chi connectivity index (χ4v) is 2.76. The molecular weight excluding hydrogens is 234 g/mol. The van der Waals surface area contributed by atoms with Gasteiger partial charge in [-0.1, -0.05) is 19.1 Å². The summed E-state index contributed by atoms with van der Waals surface area (Å²) in [7, 11) is 4.17. The minimum atomic E-state index is 0.716. The number of nitrogens with zero attached hydrogens (tertiary/aromatic N) is 2. The van der Waals surface area contributed by atoms with Gasteiger partial charge in [-0.15, -0.1) is 0 Å². The van der Waals surface area contributed by atoms with Crippen LogP contribution in [-0.2, 0) is 6.54 Å². The minimum absolute atomic E-state index is 0.716. The van der Waals surface area contributed by atoms with Crippen LogP contribution in [0.5, 0.6) is 0 Å². The lowest BCUT2D eigenvalue weighted by atomic mass is 10.1. The molecule has 106 valence electrons. The van der Waals surface area contributed by atoms with Crippen LogP contribution in [0.4, 0.5) is 5.69 Å². The van der Waals surface area contributed by atoms with E-state index in [9.17, 15) is 0 Å². The van der Waals surface area contributed by atoms with Crippen LogP contribution in [0.3, 0.4) is 0 Å². The fraction of sp³-hybridized carbons (Fsp3) is 0.625. The number of rotatable bonds is 6. The molecule has 0 spiro atoms. The number of hydrogen-bond donors (Lipinski definition) is 1. The van der Waals surface area contributed by atoms with Gasteiger partial charge in [0.25, 0.3) is 0 Å². The Bertz CT molecular complexity index is 366. The second-order valence-corrected chi connectivity index (χ2v) is 5.68. The van der Waals surface area contributed by atoms with E-state index in [1.165, 1.54) is 37.2 Å². The Morgan fingerprint density at radius 1 is 1.21 bits per heavy atom. The summed E-state index contributed by atoms with van der Waals surface area (Å²) in [6.07, 6.45) is 2.52. The quantitative estimate of drug-likeness (QED) is 0.848. The van der Waals surface area contributed by atoms with Gasteiger partial charge in [-0.25, -0.2) is 0 Å². The predicted octanol–water partition coefficient (Wildman–Crippen LogP) is 2.33. The maximum absolute atomic E-state index is 3.47. The SMILES string of the molecule is CCCN(Cc1ccc(N(C)C)cc1)C1CCNC1. The molecule has 1 aliphatic heterocycles. The average molecular weight is 261 g/mol. The average Bonchev–Trinajstić information content (AvgIpc) is 2.92. The smallest absolute Gasteiger partial charge is 0.0361 e. The first-order valence-corrected chi connectivity index (χ1v) is 7.41. The van der Waals surface area contributed by atoms with E-state index < -0.39 is 0 Å². The van der Waals surface area contributed by atoms with Crippen LogP contribution in [0.1, 0.15) is 25.3 Å². The molecule has 1 unspecified atom stereocenters. The molecule has 1 aromatic rings. The van der Waals surface area contributed by atoms with Gasteiger partial charge in [0, 0.05) is 38.9 Å². The molecule has 19 heavy (non-hydrogen) atoms. The molecule has 2 rings (SSSR count). The summed E-state index contributed by atoms with van der Waals surface area (Å²) >= 11 is 0. The first kappa shape index (κ1) is 14.4. The molecule has 3 heteroatoms. The summed E-state index contributed by atoms with van der Waals surface area (Å²) in [6, 6.07) is 9.67. The van der Waals surface area contributed by atoms with E-state index in [2.05, 4.69) is 60.4 Å². The number of anilines is 1. The van der Waals surface area contributed by atoms with Crippen molar-refractivity contribution < 1.29 is 0 Å². The lowest BCUT2D eigenvalue weighted by molar-refractivity contribution is 0.199. The Morgan fingerprint density at radius 2 is 1.95 bits per heavy atom. The first-order valence-electron chi connectivity index (χ1n) is 7.41.